The molecule has 0 amide bonds. The van der Waals surface area contributed by atoms with Gasteiger partial charge in [-0.1, -0.05) is 12.1 Å². The van der Waals surface area contributed by atoms with Crippen molar-refractivity contribution in [2.75, 3.05) is 0 Å². The first-order chi connectivity index (χ1) is 11.7. The molecule has 5 nitrogen and oxygen atoms in total. The van der Waals surface area contributed by atoms with Crippen LogP contribution in [-0.2, 0) is 6.54 Å². The van der Waals surface area contributed by atoms with Crippen molar-refractivity contribution >= 4 is 0 Å². The maximum absolute atomic E-state index is 9.62. The van der Waals surface area contributed by atoms with Crippen molar-refractivity contribution in [2.45, 2.75) is 20.4 Å². The molecule has 0 aliphatic carbocycles. The van der Waals surface area contributed by atoms with E-state index in [0.29, 0.717) is 17.7 Å². The van der Waals surface area contributed by atoms with Crippen LogP contribution in [0.4, 0.5) is 0 Å². The van der Waals surface area contributed by atoms with E-state index in [1.54, 1.807) is 30.7 Å². The van der Waals surface area contributed by atoms with Crippen molar-refractivity contribution in [1.82, 2.24) is 14.5 Å². The lowest BCUT2D eigenvalue weighted by Gasteiger charge is -2.09. The van der Waals surface area contributed by atoms with Crippen LogP contribution in [0.25, 0.3) is 11.1 Å². The summed E-state index contributed by atoms with van der Waals surface area (Å²) in [6.07, 6.45) is 5.03. The Morgan fingerprint density at radius 2 is 1.75 bits per heavy atom. The van der Waals surface area contributed by atoms with Crippen molar-refractivity contribution in [1.29, 1.82) is 10.5 Å². The highest BCUT2D eigenvalue weighted by atomic mass is 15.0. The zero-order chi connectivity index (χ0) is 17.1. The summed E-state index contributed by atoms with van der Waals surface area (Å²) >= 11 is 0. The van der Waals surface area contributed by atoms with Gasteiger partial charge >= 0.3 is 0 Å². The van der Waals surface area contributed by atoms with Crippen LogP contribution >= 0.6 is 0 Å². The van der Waals surface area contributed by atoms with Crippen LogP contribution in [0.2, 0.25) is 0 Å². The molecule has 5 heteroatoms. The SMILES string of the molecule is Cc1c(C#N)c(-c2ccc(C#N)cc2)c(C)n1Cc1cnccn1. The van der Waals surface area contributed by atoms with E-state index in [-0.39, 0.29) is 0 Å². The molecule has 0 radical (unpaired) electrons. The fourth-order valence-electron chi connectivity index (χ4n) is 2.90. The molecule has 0 spiro atoms. The zero-order valence-electron chi connectivity index (χ0n) is 13.5. The highest BCUT2D eigenvalue weighted by molar-refractivity contribution is 5.75. The Kier molecular flexibility index (Phi) is 4.09. The van der Waals surface area contributed by atoms with Gasteiger partial charge in [-0.25, -0.2) is 0 Å². The van der Waals surface area contributed by atoms with Gasteiger partial charge in [-0.15, -0.1) is 0 Å². The minimum absolute atomic E-state index is 0.566. The average molecular weight is 313 g/mol. The van der Waals surface area contributed by atoms with E-state index >= 15 is 0 Å². The lowest BCUT2D eigenvalue weighted by molar-refractivity contribution is 0.726. The highest BCUT2D eigenvalue weighted by Gasteiger charge is 2.19. The molecule has 0 bridgehead atoms. The third-order valence-electron chi connectivity index (χ3n) is 4.13. The van der Waals surface area contributed by atoms with Crippen molar-refractivity contribution in [3.05, 3.63) is 71.1 Å². The van der Waals surface area contributed by atoms with Crippen LogP contribution in [0.3, 0.4) is 0 Å². The molecule has 0 unspecified atom stereocenters. The first-order valence-electron chi connectivity index (χ1n) is 7.51. The second kappa shape index (κ2) is 6.36. The largest absolute Gasteiger partial charge is 0.341 e. The quantitative estimate of drug-likeness (QED) is 0.742. The number of hydrogen-bond acceptors (Lipinski definition) is 4. The summed E-state index contributed by atoms with van der Waals surface area (Å²) in [6, 6.07) is 11.7. The Balaban J connectivity index is 2.12. The molecule has 2 aromatic heterocycles. The number of aromatic nitrogens is 3. The molecule has 0 aliphatic heterocycles. The number of rotatable bonds is 3. The summed E-state index contributed by atoms with van der Waals surface area (Å²) in [4.78, 5) is 8.41. The van der Waals surface area contributed by atoms with Crippen LogP contribution in [0.1, 0.15) is 28.2 Å². The Bertz CT molecular complexity index is 954. The predicted molar refractivity (Wildman–Crippen MR) is 89.9 cm³/mol. The summed E-state index contributed by atoms with van der Waals surface area (Å²) in [5.41, 5.74) is 5.84. The normalized spacial score (nSPS) is 10.2. The average Bonchev–Trinajstić information content (AvgIpc) is 2.86. The number of nitrogens with zero attached hydrogens (tertiary/aromatic N) is 5. The van der Waals surface area contributed by atoms with Gasteiger partial charge in [-0.3, -0.25) is 9.97 Å². The summed E-state index contributed by atoms with van der Waals surface area (Å²) in [6.45, 7) is 4.50. The molecule has 3 rings (SSSR count). The van der Waals surface area contributed by atoms with E-state index in [9.17, 15) is 5.26 Å². The summed E-state index contributed by atoms with van der Waals surface area (Å²) in [7, 11) is 0. The Morgan fingerprint density at radius 1 is 1.00 bits per heavy atom. The van der Waals surface area contributed by atoms with Crippen LogP contribution in [0.15, 0.2) is 42.9 Å². The fourth-order valence-corrected chi connectivity index (χ4v) is 2.90. The topological polar surface area (TPSA) is 78.3 Å². The first-order valence-corrected chi connectivity index (χ1v) is 7.51. The Morgan fingerprint density at radius 3 is 2.33 bits per heavy atom. The third kappa shape index (κ3) is 2.64. The maximum atomic E-state index is 9.62. The van der Waals surface area contributed by atoms with Crippen molar-refractivity contribution in [3.8, 4) is 23.3 Å². The van der Waals surface area contributed by atoms with Gasteiger partial charge in [0.25, 0.3) is 0 Å². The lowest BCUT2D eigenvalue weighted by Crippen LogP contribution is -2.06. The minimum Gasteiger partial charge on any atom is -0.341 e. The van der Waals surface area contributed by atoms with E-state index in [1.165, 1.54) is 0 Å². The molecular formula is C19H15N5. The zero-order valence-corrected chi connectivity index (χ0v) is 13.5. The van der Waals surface area contributed by atoms with Gasteiger partial charge < -0.3 is 4.57 Å². The van der Waals surface area contributed by atoms with Gasteiger partial charge in [0.2, 0.25) is 0 Å². The molecule has 3 aromatic rings. The maximum Gasteiger partial charge on any atom is 0.102 e. The third-order valence-corrected chi connectivity index (χ3v) is 4.13. The molecule has 1 aromatic carbocycles. The number of benzene rings is 1. The summed E-state index contributed by atoms with van der Waals surface area (Å²) in [5.74, 6) is 0. The molecule has 24 heavy (non-hydrogen) atoms. The molecule has 0 aliphatic rings. The molecule has 0 saturated carbocycles. The van der Waals surface area contributed by atoms with E-state index in [0.717, 1.165) is 28.2 Å². The monoisotopic (exact) mass is 313 g/mol. The van der Waals surface area contributed by atoms with E-state index in [1.807, 2.05) is 26.0 Å². The molecule has 0 N–H and O–H groups in total. The molecule has 2 heterocycles. The first kappa shape index (κ1) is 15.5. The summed E-state index contributed by atoms with van der Waals surface area (Å²) < 4.78 is 2.08. The minimum atomic E-state index is 0.566. The summed E-state index contributed by atoms with van der Waals surface area (Å²) in [5, 5.41) is 18.6. The van der Waals surface area contributed by atoms with Crippen molar-refractivity contribution < 1.29 is 0 Å². The van der Waals surface area contributed by atoms with Gasteiger partial charge in [0.05, 0.1) is 35.6 Å². The van der Waals surface area contributed by atoms with Crippen molar-refractivity contribution in [2.24, 2.45) is 0 Å². The van der Waals surface area contributed by atoms with Gasteiger partial charge in [-0.05, 0) is 31.5 Å². The van der Waals surface area contributed by atoms with Crippen LogP contribution in [-0.4, -0.2) is 14.5 Å². The second-order valence-electron chi connectivity index (χ2n) is 5.50. The van der Waals surface area contributed by atoms with Crippen molar-refractivity contribution in [3.63, 3.8) is 0 Å². The predicted octanol–water partition coefficient (Wildman–Crippen LogP) is 3.35. The highest BCUT2D eigenvalue weighted by Crippen LogP contribution is 2.32. The van der Waals surface area contributed by atoms with Crippen LogP contribution < -0.4 is 0 Å². The molecule has 116 valence electrons. The molecule has 0 atom stereocenters. The molecular weight excluding hydrogens is 298 g/mol. The van der Waals surface area contributed by atoms with Crippen LogP contribution in [0, 0.1) is 36.5 Å². The lowest BCUT2D eigenvalue weighted by atomic mass is 10.0. The number of nitriles is 2. The molecule has 0 fully saturated rings. The van der Waals surface area contributed by atoms with E-state index < -0.39 is 0 Å². The Labute approximate surface area is 140 Å². The Hall–Kier alpha value is -3.44. The van der Waals surface area contributed by atoms with Gasteiger partial charge in [0.15, 0.2) is 0 Å². The molecule has 0 saturated heterocycles. The van der Waals surface area contributed by atoms with Gasteiger partial charge in [-0.2, -0.15) is 10.5 Å². The fraction of sp³-hybridized carbons (Fsp3) is 0.158. The standard InChI is InChI=1S/C19H15N5/c1-13-18(10-21)19(16-5-3-15(9-20)4-6-16)14(2)24(13)12-17-11-22-7-8-23-17/h3-8,11H,12H2,1-2H3. The van der Waals surface area contributed by atoms with E-state index in [2.05, 4.69) is 26.7 Å². The number of hydrogen-bond donors (Lipinski definition) is 0. The van der Waals surface area contributed by atoms with Crippen LogP contribution in [0.5, 0.6) is 0 Å². The smallest absolute Gasteiger partial charge is 0.102 e. The van der Waals surface area contributed by atoms with Gasteiger partial charge in [0, 0.05) is 29.3 Å². The van der Waals surface area contributed by atoms with E-state index in [4.69, 9.17) is 5.26 Å². The van der Waals surface area contributed by atoms with Gasteiger partial charge in [0.1, 0.15) is 6.07 Å². The second-order valence-corrected chi connectivity index (χ2v) is 5.50.